The van der Waals surface area contributed by atoms with E-state index < -0.39 is 0 Å². The molecule has 0 radical (unpaired) electrons. The minimum Gasteiger partial charge on any atom is -0.120 e. The summed E-state index contributed by atoms with van der Waals surface area (Å²) in [5, 5.41) is 0. The molecule has 3 aliphatic rings. The summed E-state index contributed by atoms with van der Waals surface area (Å²) in [6, 6.07) is 43.6. The molecule has 0 unspecified atom stereocenters. The van der Waals surface area contributed by atoms with Gasteiger partial charge in [0.1, 0.15) is 0 Å². The Labute approximate surface area is 358 Å². The van der Waals surface area contributed by atoms with Gasteiger partial charge in [-0.25, -0.2) is 0 Å². The summed E-state index contributed by atoms with van der Waals surface area (Å²) >= 11 is 0. The number of rotatable bonds is 5. The molecule has 3 aliphatic carbocycles. The Hall–Kier alpha value is -5.94. The van der Waals surface area contributed by atoms with E-state index in [0.29, 0.717) is 0 Å². The molecule has 0 heterocycles. The lowest BCUT2D eigenvalue weighted by atomic mass is 9.81. The first kappa shape index (κ1) is 45.8. The SMILES string of the molecule is C=C(/C=C\C=C/C)C1=C(C)c2ccccc2CC1.CC.CC.CC1(C)c2ccccc2-c2ccc(Cc3ccccc3)cc21.CC1=C/C=C=Cc2ccccc2\C(C)=C\1. The normalized spacial score (nSPS) is 15.8. The van der Waals surface area contributed by atoms with Gasteiger partial charge < -0.3 is 0 Å². The summed E-state index contributed by atoms with van der Waals surface area (Å²) in [7, 11) is 0. The molecule has 59 heavy (non-hydrogen) atoms. The van der Waals surface area contributed by atoms with Crippen molar-refractivity contribution >= 4 is 17.2 Å². The Balaban J connectivity index is 0.000000191. The lowest BCUT2D eigenvalue weighted by molar-refractivity contribution is 0.659. The number of fused-ring (bicyclic) bond motifs is 5. The first-order chi connectivity index (χ1) is 28.7. The van der Waals surface area contributed by atoms with Crippen LogP contribution in [0.15, 0.2) is 193 Å². The number of hydrogen-bond donors (Lipinski definition) is 0. The van der Waals surface area contributed by atoms with Crippen molar-refractivity contribution < 1.29 is 0 Å². The van der Waals surface area contributed by atoms with Crippen molar-refractivity contribution in [1.29, 1.82) is 0 Å². The van der Waals surface area contributed by atoms with Crippen LogP contribution in [-0.4, -0.2) is 0 Å². The summed E-state index contributed by atoms with van der Waals surface area (Å²) < 4.78 is 0. The fourth-order valence-corrected chi connectivity index (χ4v) is 7.96. The summed E-state index contributed by atoms with van der Waals surface area (Å²) in [5.41, 5.74) is 23.6. The molecule has 0 saturated carbocycles. The molecule has 0 aliphatic heterocycles. The monoisotopic (exact) mass is 775 g/mol. The second kappa shape index (κ2) is 22.9. The van der Waals surface area contributed by atoms with Crippen LogP contribution in [0.2, 0.25) is 0 Å². The van der Waals surface area contributed by atoms with E-state index in [4.69, 9.17) is 0 Å². The average Bonchev–Trinajstić information content (AvgIpc) is 3.53. The zero-order valence-electron chi connectivity index (χ0n) is 37.5. The number of hydrogen-bond acceptors (Lipinski definition) is 0. The highest BCUT2D eigenvalue weighted by molar-refractivity contribution is 5.81. The third kappa shape index (κ3) is 11.8. The lowest BCUT2D eigenvalue weighted by Gasteiger charge is -2.22. The number of aryl methyl sites for hydroxylation is 1. The van der Waals surface area contributed by atoms with E-state index in [9.17, 15) is 0 Å². The smallest absolute Gasteiger partial charge is 0.0158 e. The highest BCUT2D eigenvalue weighted by atomic mass is 14.4. The molecule has 8 rings (SSSR count). The third-order valence-electron chi connectivity index (χ3n) is 10.9. The molecule has 0 nitrogen and oxygen atoms in total. The summed E-state index contributed by atoms with van der Waals surface area (Å²) in [6.07, 6.45) is 19.7. The van der Waals surface area contributed by atoms with Crippen molar-refractivity contribution in [2.24, 2.45) is 0 Å². The zero-order chi connectivity index (χ0) is 42.8. The Morgan fingerprint density at radius 2 is 1.29 bits per heavy atom. The molecule has 0 aromatic heterocycles. The summed E-state index contributed by atoms with van der Waals surface area (Å²) in [5.74, 6) is 0. The molecular formula is C59H66. The average molecular weight is 775 g/mol. The van der Waals surface area contributed by atoms with Crippen molar-refractivity contribution in [3.63, 3.8) is 0 Å². The fraction of sp³-hybridized carbons (Fsp3) is 0.237. The Bertz CT molecular complexity index is 2390. The van der Waals surface area contributed by atoms with Crippen molar-refractivity contribution in [1.82, 2.24) is 0 Å². The van der Waals surface area contributed by atoms with Crippen LogP contribution in [0.25, 0.3) is 28.3 Å². The maximum absolute atomic E-state index is 4.19. The number of allylic oxidation sites excluding steroid dienone is 12. The first-order valence-electron chi connectivity index (χ1n) is 21.6. The van der Waals surface area contributed by atoms with E-state index in [0.717, 1.165) is 24.8 Å². The fourth-order valence-electron chi connectivity index (χ4n) is 7.96. The van der Waals surface area contributed by atoms with Crippen molar-refractivity contribution in [3.8, 4) is 11.1 Å². The van der Waals surface area contributed by atoms with Crippen LogP contribution in [0.1, 0.15) is 120 Å². The van der Waals surface area contributed by atoms with Crippen molar-refractivity contribution in [2.75, 3.05) is 0 Å². The Kier molecular flexibility index (Phi) is 17.7. The molecule has 0 heteroatoms. The highest BCUT2D eigenvalue weighted by Gasteiger charge is 2.35. The van der Waals surface area contributed by atoms with Crippen LogP contribution in [0.4, 0.5) is 0 Å². The van der Waals surface area contributed by atoms with Crippen LogP contribution in [-0.2, 0) is 18.3 Å². The second-order valence-electron chi connectivity index (χ2n) is 15.2. The molecular weight excluding hydrogens is 709 g/mol. The first-order valence-corrected chi connectivity index (χ1v) is 21.6. The third-order valence-corrected chi connectivity index (χ3v) is 10.9. The predicted molar refractivity (Wildman–Crippen MR) is 263 cm³/mol. The minimum atomic E-state index is 0.0959. The van der Waals surface area contributed by atoms with E-state index in [1.807, 2.05) is 58.9 Å². The van der Waals surface area contributed by atoms with Gasteiger partial charge in [-0.15, -0.1) is 5.73 Å². The van der Waals surface area contributed by atoms with E-state index >= 15 is 0 Å². The maximum atomic E-state index is 4.19. The van der Waals surface area contributed by atoms with Crippen LogP contribution < -0.4 is 0 Å². The molecule has 302 valence electrons. The van der Waals surface area contributed by atoms with E-state index in [1.165, 1.54) is 77.9 Å². The molecule has 0 atom stereocenters. The second-order valence-corrected chi connectivity index (χ2v) is 15.2. The van der Waals surface area contributed by atoms with Gasteiger partial charge >= 0.3 is 0 Å². The van der Waals surface area contributed by atoms with Crippen LogP contribution in [0.5, 0.6) is 0 Å². The minimum absolute atomic E-state index is 0.0959. The highest BCUT2D eigenvalue weighted by Crippen LogP contribution is 2.48. The van der Waals surface area contributed by atoms with Gasteiger partial charge in [-0.3, -0.25) is 0 Å². The lowest BCUT2D eigenvalue weighted by Crippen LogP contribution is -2.15. The molecule has 0 bridgehead atoms. The van der Waals surface area contributed by atoms with Gasteiger partial charge in [-0.2, -0.15) is 0 Å². The predicted octanol–water partition coefficient (Wildman–Crippen LogP) is 16.9. The van der Waals surface area contributed by atoms with Gasteiger partial charge in [0.2, 0.25) is 0 Å². The van der Waals surface area contributed by atoms with Crippen LogP contribution in [0.3, 0.4) is 0 Å². The van der Waals surface area contributed by atoms with Crippen LogP contribution >= 0.6 is 0 Å². The van der Waals surface area contributed by atoms with Crippen molar-refractivity contribution in [2.45, 2.75) is 93.9 Å². The van der Waals surface area contributed by atoms with E-state index in [1.54, 1.807) is 0 Å². The molecule has 0 fully saturated rings. The Morgan fingerprint density at radius 1 is 0.661 bits per heavy atom. The van der Waals surface area contributed by atoms with Crippen molar-refractivity contribution in [3.05, 3.63) is 237 Å². The van der Waals surface area contributed by atoms with Gasteiger partial charge in [0, 0.05) is 5.41 Å². The van der Waals surface area contributed by atoms with E-state index in [2.05, 4.69) is 193 Å². The molecule has 0 spiro atoms. The van der Waals surface area contributed by atoms with Gasteiger partial charge in [0.15, 0.2) is 0 Å². The molecule has 5 aromatic rings. The molecule has 5 aromatic carbocycles. The quantitative estimate of drug-likeness (QED) is 0.123. The molecule has 0 N–H and O–H groups in total. The van der Waals surface area contributed by atoms with Gasteiger partial charge in [-0.1, -0.05) is 211 Å². The molecule has 0 saturated heterocycles. The van der Waals surface area contributed by atoms with Gasteiger partial charge in [0.05, 0.1) is 0 Å². The van der Waals surface area contributed by atoms with Gasteiger partial charge in [-0.05, 0) is 137 Å². The summed E-state index contributed by atoms with van der Waals surface area (Å²) in [4.78, 5) is 0. The van der Waals surface area contributed by atoms with E-state index in [-0.39, 0.29) is 5.41 Å². The van der Waals surface area contributed by atoms with Gasteiger partial charge in [0.25, 0.3) is 0 Å². The zero-order valence-corrected chi connectivity index (χ0v) is 37.5. The maximum Gasteiger partial charge on any atom is 0.0158 e. The topological polar surface area (TPSA) is 0 Å². The standard InChI is InChI=1S/C22H20.C18H20.C15H14.2C2H6/c1-22(2)20-11-7-6-10-18(20)19-13-12-17(15-21(19)22)14-16-8-4-3-5-9-16;1-4-5-6-9-14(2)17-13-12-16-10-7-8-11-18(16)15(17)3;1-12-7-3-4-8-14-9-5-6-10-15(14)13(2)11-12;2*1-2/h3-13,15H,14H2,1-2H3;4-11H,2,12-13H2,1,3H3;3,5-11H,1-2H3;2*1-2H3/b;5-4-,9-6-;12-7-,13-11+;;. The Morgan fingerprint density at radius 3 is 2.02 bits per heavy atom. The molecule has 0 amide bonds. The largest absolute Gasteiger partial charge is 0.120 e. The number of benzene rings is 5. The van der Waals surface area contributed by atoms with Crippen LogP contribution in [0, 0.1) is 0 Å². The summed E-state index contributed by atoms with van der Waals surface area (Å²) in [6.45, 7) is 25.4.